The molecule has 0 aromatic heterocycles. The topological polar surface area (TPSA) is 66.4 Å². The molecule has 0 saturated heterocycles. The summed E-state index contributed by atoms with van der Waals surface area (Å²) in [4.78, 5) is 22.2. The van der Waals surface area contributed by atoms with Crippen LogP contribution >= 0.6 is 0 Å². The van der Waals surface area contributed by atoms with E-state index in [1.807, 2.05) is 0 Å². The number of hydrogen-bond acceptors (Lipinski definition) is 2. The molecule has 2 saturated carbocycles. The Hall–Kier alpha value is -1.06. The van der Waals surface area contributed by atoms with E-state index in [1.165, 1.54) is 32.1 Å². The lowest BCUT2D eigenvalue weighted by Gasteiger charge is -2.21. The maximum atomic E-state index is 11.6. The van der Waals surface area contributed by atoms with E-state index in [1.54, 1.807) is 0 Å². The number of rotatable bonds is 5. The normalized spacial score (nSPS) is 28.7. The van der Waals surface area contributed by atoms with Gasteiger partial charge in [0.15, 0.2) is 0 Å². The molecule has 0 aromatic carbocycles. The first kappa shape index (κ1) is 12.4. The molecule has 2 atom stereocenters. The lowest BCUT2D eigenvalue weighted by molar-refractivity contribution is -0.140. The molecule has 4 nitrogen and oxygen atoms in total. The number of nitrogens with one attached hydrogen (secondary N) is 1. The average molecular weight is 239 g/mol. The van der Waals surface area contributed by atoms with Crippen molar-refractivity contribution in [1.82, 2.24) is 5.32 Å². The van der Waals surface area contributed by atoms with Gasteiger partial charge in [0.1, 0.15) is 0 Å². The molecule has 96 valence electrons. The Labute approximate surface area is 102 Å². The van der Waals surface area contributed by atoms with Crippen molar-refractivity contribution >= 4 is 11.9 Å². The maximum Gasteiger partial charge on any atom is 0.307 e. The molecule has 17 heavy (non-hydrogen) atoms. The molecule has 2 aliphatic rings. The molecule has 0 heterocycles. The van der Waals surface area contributed by atoms with E-state index in [-0.39, 0.29) is 11.8 Å². The van der Waals surface area contributed by atoms with Crippen LogP contribution in [0.15, 0.2) is 0 Å². The van der Waals surface area contributed by atoms with Crippen LogP contribution in [-0.4, -0.2) is 23.5 Å². The molecule has 0 unspecified atom stereocenters. The first-order chi connectivity index (χ1) is 8.18. The van der Waals surface area contributed by atoms with Gasteiger partial charge < -0.3 is 10.4 Å². The van der Waals surface area contributed by atoms with Crippen LogP contribution in [0.5, 0.6) is 0 Å². The molecule has 0 aromatic rings. The molecule has 4 heteroatoms. The van der Waals surface area contributed by atoms with E-state index in [9.17, 15) is 9.59 Å². The van der Waals surface area contributed by atoms with Crippen LogP contribution in [-0.2, 0) is 9.59 Å². The zero-order valence-corrected chi connectivity index (χ0v) is 10.2. The summed E-state index contributed by atoms with van der Waals surface area (Å²) in [6.45, 7) is 0.715. The summed E-state index contributed by atoms with van der Waals surface area (Å²) in [5, 5.41) is 11.6. The molecular formula is C13H21NO3. The third kappa shape index (κ3) is 3.45. The number of carboxylic acids is 1. The highest BCUT2D eigenvalue weighted by molar-refractivity contribution is 5.89. The third-order valence-electron chi connectivity index (χ3n) is 4.02. The van der Waals surface area contributed by atoms with Crippen molar-refractivity contribution in [3.05, 3.63) is 0 Å². The SMILES string of the molecule is O=C(O)[C@H]1C[C@H]1C(=O)NCCC1CCCCC1. The van der Waals surface area contributed by atoms with Gasteiger partial charge in [-0.3, -0.25) is 9.59 Å². The first-order valence-corrected chi connectivity index (χ1v) is 6.69. The molecular weight excluding hydrogens is 218 g/mol. The lowest BCUT2D eigenvalue weighted by atomic mass is 9.87. The molecule has 0 aliphatic heterocycles. The predicted octanol–water partition coefficient (Wildman–Crippen LogP) is 1.79. The molecule has 0 radical (unpaired) electrons. The lowest BCUT2D eigenvalue weighted by Crippen LogP contribution is -2.28. The molecule has 2 aliphatic carbocycles. The van der Waals surface area contributed by atoms with Gasteiger partial charge >= 0.3 is 5.97 Å². The number of hydrogen-bond donors (Lipinski definition) is 2. The largest absolute Gasteiger partial charge is 0.481 e. The summed E-state index contributed by atoms with van der Waals surface area (Å²) >= 11 is 0. The van der Waals surface area contributed by atoms with Crippen LogP contribution in [0, 0.1) is 17.8 Å². The van der Waals surface area contributed by atoms with Gasteiger partial charge in [-0.25, -0.2) is 0 Å². The van der Waals surface area contributed by atoms with Crippen LogP contribution in [0.3, 0.4) is 0 Å². The Kier molecular flexibility index (Phi) is 4.02. The standard InChI is InChI=1S/C13H21NO3/c15-12(10-8-11(10)13(16)17)14-7-6-9-4-2-1-3-5-9/h9-11H,1-8H2,(H,14,15)(H,16,17)/t10-,11+/m1/s1. The summed E-state index contributed by atoms with van der Waals surface area (Å²) < 4.78 is 0. The Morgan fingerprint density at radius 1 is 1.12 bits per heavy atom. The molecule has 0 bridgehead atoms. The predicted molar refractivity (Wildman–Crippen MR) is 63.4 cm³/mol. The number of carboxylic acid groups (broad SMARTS) is 1. The van der Waals surface area contributed by atoms with Crippen molar-refractivity contribution < 1.29 is 14.7 Å². The molecule has 0 spiro atoms. The number of carbonyl (C=O) groups is 2. The Balaban J connectivity index is 1.59. The van der Waals surface area contributed by atoms with Crippen molar-refractivity contribution in [3.63, 3.8) is 0 Å². The maximum absolute atomic E-state index is 11.6. The minimum atomic E-state index is -0.836. The summed E-state index contributed by atoms with van der Waals surface area (Å²) in [7, 11) is 0. The molecule has 2 rings (SSSR count). The number of aliphatic carboxylic acids is 1. The fraction of sp³-hybridized carbons (Fsp3) is 0.846. The van der Waals surface area contributed by atoms with E-state index in [0.29, 0.717) is 13.0 Å². The van der Waals surface area contributed by atoms with Crippen molar-refractivity contribution in [3.8, 4) is 0 Å². The first-order valence-electron chi connectivity index (χ1n) is 6.69. The van der Waals surface area contributed by atoms with E-state index < -0.39 is 11.9 Å². The number of carbonyl (C=O) groups excluding carboxylic acids is 1. The highest BCUT2D eigenvalue weighted by Gasteiger charge is 2.48. The van der Waals surface area contributed by atoms with Gasteiger partial charge in [-0.2, -0.15) is 0 Å². The zero-order valence-electron chi connectivity index (χ0n) is 10.2. The van der Waals surface area contributed by atoms with Gasteiger partial charge in [0.25, 0.3) is 0 Å². The summed E-state index contributed by atoms with van der Waals surface area (Å²) in [6, 6.07) is 0. The van der Waals surface area contributed by atoms with Crippen molar-refractivity contribution in [2.75, 3.05) is 6.54 Å². The minimum absolute atomic E-state index is 0.0618. The summed E-state index contributed by atoms with van der Waals surface area (Å²) in [5.74, 6) is -0.826. The second-order valence-corrected chi connectivity index (χ2v) is 5.37. The van der Waals surface area contributed by atoms with E-state index in [2.05, 4.69) is 5.32 Å². The van der Waals surface area contributed by atoms with Crippen molar-refractivity contribution in [1.29, 1.82) is 0 Å². The fourth-order valence-corrected chi connectivity index (χ4v) is 2.76. The molecule has 2 N–H and O–H groups in total. The third-order valence-corrected chi connectivity index (χ3v) is 4.02. The van der Waals surface area contributed by atoms with E-state index in [4.69, 9.17) is 5.11 Å². The van der Waals surface area contributed by atoms with Crippen LogP contribution in [0.1, 0.15) is 44.9 Å². The van der Waals surface area contributed by atoms with E-state index in [0.717, 1.165) is 12.3 Å². The van der Waals surface area contributed by atoms with Gasteiger partial charge in [-0.05, 0) is 18.8 Å². The molecule has 1 amide bonds. The zero-order chi connectivity index (χ0) is 12.3. The molecule has 2 fully saturated rings. The van der Waals surface area contributed by atoms with Crippen LogP contribution in [0.2, 0.25) is 0 Å². The fourth-order valence-electron chi connectivity index (χ4n) is 2.76. The van der Waals surface area contributed by atoms with Crippen molar-refractivity contribution in [2.45, 2.75) is 44.9 Å². The van der Waals surface area contributed by atoms with Crippen LogP contribution in [0.4, 0.5) is 0 Å². The summed E-state index contributed by atoms with van der Waals surface area (Å²) in [5.41, 5.74) is 0. The monoisotopic (exact) mass is 239 g/mol. The highest BCUT2D eigenvalue weighted by atomic mass is 16.4. The van der Waals surface area contributed by atoms with Gasteiger partial charge in [-0.15, -0.1) is 0 Å². The van der Waals surface area contributed by atoms with Crippen LogP contribution < -0.4 is 5.32 Å². The smallest absolute Gasteiger partial charge is 0.307 e. The average Bonchev–Trinajstić information content (AvgIpc) is 3.10. The minimum Gasteiger partial charge on any atom is -0.481 e. The van der Waals surface area contributed by atoms with E-state index >= 15 is 0 Å². The van der Waals surface area contributed by atoms with Gasteiger partial charge in [0.2, 0.25) is 5.91 Å². The number of amides is 1. The van der Waals surface area contributed by atoms with Gasteiger partial charge in [0.05, 0.1) is 11.8 Å². The van der Waals surface area contributed by atoms with Crippen LogP contribution in [0.25, 0.3) is 0 Å². The Morgan fingerprint density at radius 3 is 2.41 bits per heavy atom. The van der Waals surface area contributed by atoms with Gasteiger partial charge in [-0.1, -0.05) is 32.1 Å². The van der Waals surface area contributed by atoms with Crippen molar-refractivity contribution in [2.24, 2.45) is 17.8 Å². The highest BCUT2D eigenvalue weighted by Crippen LogP contribution is 2.38. The quantitative estimate of drug-likeness (QED) is 0.768. The van der Waals surface area contributed by atoms with Gasteiger partial charge in [0, 0.05) is 6.54 Å². The Bertz CT molecular complexity index is 297. The summed E-state index contributed by atoms with van der Waals surface area (Å²) in [6.07, 6.45) is 8.14. The Morgan fingerprint density at radius 2 is 1.82 bits per heavy atom. The second-order valence-electron chi connectivity index (χ2n) is 5.37. The second kappa shape index (κ2) is 5.52.